The van der Waals surface area contributed by atoms with E-state index in [0.29, 0.717) is 0 Å². The molecule has 96 valence electrons. The molecular weight excluding hydrogens is 216 g/mol. The minimum absolute atomic E-state index is 0.761. The predicted molar refractivity (Wildman–Crippen MR) is 68.7 cm³/mol. The molecule has 5 nitrogen and oxygen atoms in total. The summed E-state index contributed by atoms with van der Waals surface area (Å²) in [5.41, 5.74) is 1.07. The maximum absolute atomic E-state index is 4.95. The van der Waals surface area contributed by atoms with Crippen LogP contribution in [-0.4, -0.2) is 41.8 Å². The van der Waals surface area contributed by atoms with Gasteiger partial charge < -0.3 is 10.1 Å². The van der Waals surface area contributed by atoms with Crippen LogP contribution in [0.25, 0.3) is 6.08 Å². The molecule has 0 spiro atoms. The first-order valence-electron chi connectivity index (χ1n) is 6.13. The van der Waals surface area contributed by atoms with E-state index in [1.807, 2.05) is 4.68 Å². The highest BCUT2D eigenvalue weighted by molar-refractivity contribution is 5.42. The first-order valence-corrected chi connectivity index (χ1v) is 6.13. The number of methoxy groups -OCH3 is 1. The van der Waals surface area contributed by atoms with Crippen molar-refractivity contribution in [1.29, 1.82) is 0 Å². The molecule has 17 heavy (non-hydrogen) atoms. The van der Waals surface area contributed by atoms with Gasteiger partial charge in [0, 0.05) is 20.2 Å². The summed E-state index contributed by atoms with van der Waals surface area (Å²) in [6.07, 6.45) is 8.09. The molecular formula is C12H22N4O. The van der Waals surface area contributed by atoms with Gasteiger partial charge in [0.25, 0.3) is 0 Å². The number of nitrogens with one attached hydrogen (secondary N) is 1. The Kier molecular flexibility index (Phi) is 7.25. The molecule has 5 heteroatoms. The molecule has 0 aromatic carbocycles. The summed E-state index contributed by atoms with van der Waals surface area (Å²) in [4.78, 5) is 0. The van der Waals surface area contributed by atoms with Gasteiger partial charge in [0.05, 0.1) is 18.5 Å². The van der Waals surface area contributed by atoms with E-state index in [9.17, 15) is 0 Å². The van der Waals surface area contributed by atoms with Crippen LogP contribution in [0.4, 0.5) is 0 Å². The van der Waals surface area contributed by atoms with Crippen LogP contribution in [0.5, 0.6) is 0 Å². The van der Waals surface area contributed by atoms with Gasteiger partial charge in [-0.2, -0.15) is 0 Å². The molecule has 0 atom stereocenters. The third kappa shape index (κ3) is 5.60. The lowest BCUT2D eigenvalue weighted by molar-refractivity contribution is 0.199. The van der Waals surface area contributed by atoms with Gasteiger partial charge in [0.2, 0.25) is 0 Å². The maximum Gasteiger partial charge on any atom is 0.0810 e. The van der Waals surface area contributed by atoms with E-state index < -0.39 is 0 Å². The largest absolute Gasteiger partial charge is 0.383 e. The summed E-state index contributed by atoms with van der Waals surface area (Å²) in [7, 11) is 1.71. The second-order valence-electron chi connectivity index (χ2n) is 3.82. The number of rotatable bonds is 9. The minimum Gasteiger partial charge on any atom is -0.383 e. The normalized spacial score (nSPS) is 11.4. The summed E-state index contributed by atoms with van der Waals surface area (Å²) in [5.74, 6) is 0. The highest BCUT2D eigenvalue weighted by atomic mass is 16.5. The topological polar surface area (TPSA) is 52.0 Å². The van der Waals surface area contributed by atoms with Gasteiger partial charge in [0.15, 0.2) is 0 Å². The van der Waals surface area contributed by atoms with Crippen molar-refractivity contribution < 1.29 is 4.74 Å². The molecule has 0 amide bonds. The van der Waals surface area contributed by atoms with Crippen molar-refractivity contribution in [2.75, 3.05) is 26.8 Å². The number of ether oxygens (including phenoxy) is 1. The van der Waals surface area contributed by atoms with Gasteiger partial charge in [-0.3, -0.25) is 0 Å². The Morgan fingerprint density at radius 1 is 1.47 bits per heavy atom. The van der Waals surface area contributed by atoms with Gasteiger partial charge in [-0.15, -0.1) is 5.10 Å². The summed E-state index contributed by atoms with van der Waals surface area (Å²) in [6.45, 7) is 5.69. The molecule has 1 heterocycles. The molecule has 1 aromatic rings. The average Bonchev–Trinajstić information content (AvgIpc) is 2.76. The van der Waals surface area contributed by atoms with Gasteiger partial charge >= 0.3 is 0 Å². The Morgan fingerprint density at radius 2 is 2.35 bits per heavy atom. The van der Waals surface area contributed by atoms with Crippen LogP contribution in [0.3, 0.4) is 0 Å². The molecule has 1 aromatic heterocycles. The minimum atomic E-state index is 0.761. The molecule has 0 unspecified atom stereocenters. The van der Waals surface area contributed by atoms with Crippen molar-refractivity contribution in [3.8, 4) is 0 Å². The number of aromatic nitrogens is 3. The second-order valence-corrected chi connectivity index (χ2v) is 3.82. The Balaban J connectivity index is 2.21. The van der Waals surface area contributed by atoms with Gasteiger partial charge in [0.1, 0.15) is 0 Å². The fourth-order valence-electron chi connectivity index (χ4n) is 1.47. The van der Waals surface area contributed by atoms with Crippen LogP contribution in [0.15, 0.2) is 12.3 Å². The average molecular weight is 238 g/mol. The SMILES string of the molecule is CCCn1nncc1/C=C/CCNCCOC. The monoisotopic (exact) mass is 238 g/mol. The molecule has 0 bridgehead atoms. The Bertz CT molecular complexity index is 322. The number of nitrogens with zero attached hydrogens (tertiary/aromatic N) is 3. The smallest absolute Gasteiger partial charge is 0.0810 e. The first-order chi connectivity index (χ1) is 8.38. The quantitative estimate of drug-likeness (QED) is 0.659. The third-order valence-corrected chi connectivity index (χ3v) is 2.34. The van der Waals surface area contributed by atoms with E-state index in [0.717, 1.165) is 44.8 Å². The Labute approximate surface area is 103 Å². The van der Waals surface area contributed by atoms with Crippen LogP contribution in [-0.2, 0) is 11.3 Å². The van der Waals surface area contributed by atoms with Gasteiger partial charge in [-0.25, -0.2) is 4.68 Å². The van der Waals surface area contributed by atoms with Crippen molar-refractivity contribution in [3.05, 3.63) is 18.0 Å². The number of hydrogen-bond donors (Lipinski definition) is 1. The zero-order chi connectivity index (χ0) is 12.3. The molecule has 0 aliphatic carbocycles. The molecule has 1 rings (SSSR count). The van der Waals surface area contributed by atoms with E-state index >= 15 is 0 Å². The van der Waals surface area contributed by atoms with E-state index in [-0.39, 0.29) is 0 Å². The molecule has 0 fully saturated rings. The maximum atomic E-state index is 4.95. The predicted octanol–water partition coefficient (Wildman–Crippen LogP) is 1.33. The summed E-state index contributed by atoms with van der Waals surface area (Å²) in [6, 6.07) is 0. The summed E-state index contributed by atoms with van der Waals surface area (Å²) >= 11 is 0. The molecule has 0 saturated carbocycles. The van der Waals surface area contributed by atoms with Crippen molar-refractivity contribution >= 4 is 6.08 Å². The van der Waals surface area contributed by atoms with Crippen LogP contribution >= 0.6 is 0 Å². The van der Waals surface area contributed by atoms with Crippen LogP contribution in [0.2, 0.25) is 0 Å². The van der Waals surface area contributed by atoms with Crippen LogP contribution < -0.4 is 5.32 Å². The molecule has 0 aliphatic rings. The first kappa shape index (κ1) is 13.9. The van der Waals surface area contributed by atoms with Gasteiger partial charge in [-0.05, 0) is 25.5 Å². The third-order valence-electron chi connectivity index (χ3n) is 2.34. The molecule has 0 radical (unpaired) electrons. The number of aryl methyl sites for hydroxylation is 1. The zero-order valence-electron chi connectivity index (χ0n) is 10.7. The lowest BCUT2D eigenvalue weighted by Gasteiger charge is -2.01. The molecule has 0 aliphatic heterocycles. The van der Waals surface area contributed by atoms with Crippen molar-refractivity contribution in [1.82, 2.24) is 20.3 Å². The lowest BCUT2D eigenvalue weighted by Crippen LogP contribution is -2.19. The molecule has 1 N–H and O–H groups in total. The Morgan fingerprint density at radius 3 is 3.12 bits per heavy atom. The van der Waals surface area contributed by atoms with Gasteiger partial charge in [-0.1, -0.05) is 18.2 Å². The van der Waals surface area contributed by atoms with Crippen molar-refractivity contribution in [2.45, 2.75) is 26.3 Å². The fourth-order valence-corrected chi connectivity index (χ4v) is 1.47. The van der Waals surface area contributed by atoms with E-state index in [4.69, 9.17) is 4.74 Å². The fraction of sp³-hybridized carbons (Fsp3) is 0.667. The standard InChI is InChI=1S/C12H22N4O/c1-3-9-16-12(11-14-15-16)6-4-5-7-13-8-10-17-2/h4,6,11,13H,3,5,7-10H2,1-2H3/b6-4+. The van der Waals surface area contributed by atoms with Crippen LogP contribution in [0, 0.1) is 0 Å². The van der Waals surface area contributed by atoms with E-state index in [1.165, 1.54) is 0 Å². The van der Waals surface area contributed by atoms with Crippen LogP contribution in [0.1, 0.15) is 25.5 Å². The lowest BCUT2D eigenvalue weighted by atomic mass is 10.3. The highest BCUT2D eigenvalue weighted by Gasteiger charge is 1.97. The Hall–Kier alpha value is -1.20. The second kappa shape index (κ2) is 8.90. The number of hydrogen-bond acceptors (Lipinski definition) is 4. The summed E-state index contributed by atoms with van der Waals surface area (Å²) < 4.78 is 6.87. The molecule has 0 saturated heterocycles. The zero-order valence-corrected chi connectivity index (χ0v) is 10.7. The van der Waals surface area contributed by atoms with Crippen molar-refractivity contribution in [3.63, 3.8) is 0 Å². The van der Waals surface area contributed by atoms with E-state index in [1.54, 1.807) is 13.3 Å². The van der Waals surface area contributed by atoms with Crippen molar-refractivity contribution in [2.24, 2.45) is 0 Å². The summed E-state index contributed by atoms with van der Waals surface area (Å²) in [5, 5.41) is 11.2. The highest BCUT2D eigenvalue weighted by Crippen LogP contribution is 2.01. The van der Waals surface area contributed by atoms with E-state index in [2.05, 4.69) is 34.7 Å².